The predicted octanol–water partition coefficient (Wildman–Crippen LogP) is 4.33. The fourth-order valence-electron chi connectivity index (χ4n) is 1.70. The lowest BCUT2D eigenvalue weighted by atomic mass is 9.92. The number of rotatable bonds is 8. The Balaban J connectivity index is 4.06. The van der Waals surface area contributed by atoms with Gasteiger partial charge in [-0.2, -0.15) is 13.2 Å². The number of carbonyl (C=O) groups excluding carboxylic acids is 1. The van der Waals surface area contributed by atoms with Gasteiger partial charge in [0.1, 0.15) is 5.78 Å². The molecule has 0 spiro atoms. The second-order valence-electron chi connectivity index (χ2n) is 4.01. The van der Waals surface area contributed by atoms with Crippen LogP contribution < -0.4 is 0 Å². The van der Waals surface area contributed by atoms with Gasteiger partial charge in [0.2, 0.25) is 0 Å². The molecular formula is C11H18ClF3O. The first kappa shape index (κ1) is 15.8. The highest BCUT2D eigenvalue weighted by molar-refractivity contribution is 6.17. The summed E-state index contributed by atoms with van der Waals surface area (Å²) in [5.41, 5.74) is 0. The van der Waals surface area contributed by atoms with Crippen molar-refractivity contribution in [2.75, 3.05) is 5.88 Å². The number of alkyl halides is 4. The van der Waals surface area contributed by atoms with E-state index >= 15 is 0 Å². The monoisotopic (exact) mass is 258 g/mol. The number of Topliss-reactive ketones (excluding diaryl/α,β-unsaturated/α-hetero) is 1. The molecule has 0 aliphatic carbocycles. The molecule has 1 unspecified atom stereocenters. The van der Waals surface area contributed by atoms with Crippen LogP contribution in [0.2, 0.25) is 0 Å². The summed E-state index contributed by atoms with van der Waals surface area (Å²) < 4.78 is 36.6. The molecule has 16 heavy (non-hydrogen) atoms. The van der Waals surface area contributed by atoms with Gasteiger partial charge >= 0.3 is 6.18 Å². The van der Waals surface area contributed by atoms with Crippen LogP contribution in [-0.4, -0.2) is 17.8 Å². The van der Waals surface area contributed by atoms with Gasteiger partial charge in [0.05, 0.1) is 0 Å². The summed E-state index contributed by atoms with van der Waals surface area (Å²) >= 11 is 5.42. The summed E-state index contributed by atoms with van der Waals surface area (Å²) in [6.45, 7) is 1.83. The molecule has 0 bridgehead atoms. The molecule has 0 radical (unpaired) electrons. The highest BCUT2D eigenvalue weighted by Crippen LogP contribution is 2.29. The van der Waals surface area contributed by atoms with E-state index in [2.05, 4.69) is 0 Å². The SMILES string of the molecule is CCCC(CC(=O)CCCCl)CC(F)(F)F. The molecule has 0 aromatic rings. The van der Waals surface area contributed by atoms with E-state index in [9.17, 15) is 18.0 Å². The summed E-state index contributed by atoms with van der Waals surface area (Å²) in [6.07, 6.45) is -3.03. The van der Waals surface area contributed by atoms with Gasteiger partial charge in [-0.05, 0) is 18.8 Å². The van der Waals surface area contributed by atoms with Crippen LogP contribution in [0.1, 0.15) is 45.4 Å². The lowest BCUT2D eigenvalue weighted by molar-refractivity contribution is -0.147. The molecular weight excluding hydrogens is 241 g/mol. The maximum atomic E-state index is 12.2. The fraction of sp³-hybridized carbons (Fsp3) is 0.909. The summed E-state index contributed by atoms with van der Waals surface area (Å²) in [7, 11) is 0. The topological polar surface area (TPSA) is 17.1 Å². The Hall–Kier alpha value is -0.250. The van der Waals surface area contributed by atoms with Crippen LogP contribution in [0.5, 0.6) is 0 Å². The van der Waals surface area contributed by atoms with Crippen molar-refractivity contribution in [3.63, 3.8) is 0 Å². The number of hydrogen-bond acceptors (Lipinski definition) is 1. The van der Waals surface area contributed by atoms with Gasteiger partial charge < -0.3 is 0 Å². The molecule has 0 aliphatic heterocycles. The van der Waals surface area contributed by atoms with E-state index in [1.165, 1.54) is 0 Å². The smallest absolute Gasteiger partial charge is 0.300 e. The molecule has 96 valence electrons. The largest absolute Gasteiger partial charge is 0.389 e. The molecule has 1 nitrogen and oxygen atoms in total. The average molecular weight is 259 g/mol. The summed E-state index contributed by atoms with van der Waals surface area (Å²) in [5, 5.41) is 0. The minimum absolute atomic E-state index is 0.0320. The van der Waals surface area contributed by atoms with Gasteiger partial charge in [0.15, 0.2) is 0 Å². The highest BCUT2D eigenvalue weighted by atomic mass is 35.5. The molecule has 0 aromatic heterocycles. The first-order valence-corrected chi connectivity index (χ1v) is 6.07. The first-order chi connectivity index (χ1) is 7.39. The van der Waals surface area contributed by atoms with Crippen molar-refractivity contribution in [1.82, 2.24) is 0 Å². The normalized spacial score (nSPS) is 13.8. The third-order valence-corrected chi connectivity index (χ3v) is 2.59. The van der Waals surface area contributed by atoms with E-state index in [0.717, 1.165) is 0 Å². The van der Waals surface area contributed by atoms with Gasteiger partial charge in [-0.1, -0.05) is 13.3 Å². The van der Waals surface area contributed by atoms with Crippen LogP contribution in [0.25, 0.3) is 0 Å². The lowest BCUT2D eigenvalue weighted by Crippen LogP contribution is -2.18. The van der Waals surface area contributed by atoms with E-state index < -0.39 is 18.5 Å². The molecule has 0 rings (SSSR count). The minimum Gasteiger partial charge on any atom is -0.300 e. The molecule has 0 amide bonds. The van der Waals surface area contributed by atoms with Crippen LogP contribution in [0.3, 0.4) is 0 Å². The van der Waals surface area contributed by atoms with Crippen LogP contribution in [0, 0.1) is 5.92 Å². The van der Waals surface area contributed by atoms with Crippen LogP contribution in [0.15, 0.2) is 0 Å². The van der Waals surface area contributed by atoms with E-state index in [-0.39, 0.29) is 12.2 Å². The Morgan fingerprint density at radius 2 is 2.00 bits per heavy atom. The van der Waals surface area contributed by atoms with Crippen LogP contribution in [0.4, 0.5) is 13.2 Å². The molecule has 0 saturated heterocycles. The van der Waals surface area contributed by atoms with Gasteiger partial charge in [-0.25, -0.2) is 0 Å². The highest BCUT2D eigenvalue weighted by Gasteiger charge is 2.32. The maximum absolute atomic E-state index is 12.2. The Kier molecular flexibility index (Phi) is 7.81. The standard InChI is InChI=1S/C11H18ClF3O/c1-2-4-9(8-11(13,14)15)7-10(16)5-3-6-12/h9H,2-8H2,1H3. The van der Waals surface area contributed by atoms with Gasteiger partial charge in [-0.15, -0.1) is 11.6 Å². The summed E-state index contributed by atoms with van der Waals surface area (Å²) in [5.74, 6) is -0.292. The quantitative estimate of drug-likeness (QED) is 0.592. The zero-order valence-corrected chi connectivity index (χ0v) is 10.2. The van der Waals surface area contributed by atoms with E-state index in [1.807, 2.05) is 6.92 Å². The van der Waals surface area contributed by atoms with Crippen LogP contribution >= 0.6 is 11.6 Å². The molecule has 0 aromatic carbocycles. The fourth-order valence-corrected chi connectivity index (χ4v) is 1.83. The Morgan fingerprint density at radius 1 is 1.38 bits per heavy atom. The Bertz CT molecular complexity index is 204. The Labute approximate surface area is 99.4 Å². The van der Waals surface area contributed by atoms with Crippen molar-refractivity contribution in [2.24, 2.45) is 5.92 Å². The first-order valence-electron chi connectivity index (χ1n) is 5.53. The zero-order chi connectivity index (χ0) is 12.6. The van der Waals surface area contributed by atoms with E-state index in [4.69, 9.17) is 11.6 Å². The van der Waals surface area contributed by atoms with Crippen LogP contribution in [-0.2, 0) is 4.79 Å². The second kappa shape index (κ2) is 7.93. The van der Waals surface area contributed by atoms with Gasteiger partial charge in [-0.3, -0.25) is 4.79 Å². The average Bonchev–Trinajstić information content (AvgIpc) is 2.12. The zero-order valence-electron chi connectivity index (χ0n) is 9.45. The molecule has 5 heteroatoms. The third-order valence-electron chi connectivity index (χ3n) is 2.32. The van der Waals surface area contributed by atoms with Crippen molar-refractivity contribution < 1.29 is 18.0 Å². The maximum Gasteiger partial charge on any atom is 0.389 e. The number of ketones is 1. The molecule has 0 aliphatic rings. The van der Waals surface area contributed by atoms with Gasteiger partial charge in [0, 0.05) is 25.1 Å². The molecule has 0 heterocycles. The second-order valence-corrected chi connectivity index (χ2v) is 4.39. The number of hydrogen-bond donors (Lipinski definition) is 0. The van der Waals surface area contributed by atoms with E-state index in [1.54, 1.807) is 0 Å². The Morgan fingerprint density at radius 3 is 2.44 bits per heavy atom. The lowest BCUT2D eigenvalue weighted by Gasteiger charge is -2.17. The van der Waals surface area contributed by atoms with Crippen molar-refractivity contribution >= 4 is 17.4 Å². The third kappa shape index (κ3) is 9.01. The number of carbonyl (C=O) groups is 1. The molecule has 0 N–H and O–H groups in total. The van der Waals surface area contributed by atoms with Gasteiger partial charge in [0.25, 0.3) is 0 Å². The van der Waals surface area contributed by atoms with E-state index in [0.29, 0.717) is 31.6 Å². The minimum atomic E-state index is -4.17. The molecule has 0 fully saturated rings. The summed E-state index contributed by atoms with van der Waals surface area (Å²) in [4.78, 5) is 11.3. The number of halogens is 4. The predicted molar refractivity (Wildman–Crippen MR) is 58.6 cm³/mol. The van der Waals surface area contributed by atoms with Crippen molar-refractivity contribution in [2.45, 2.75) is 51.6 Å². The van der Waals surface area contributed by atoms with Crippen molar-refractivity contribution in [3.05, 3.63) is 0 Å². The summed E-state index contributed by atoms with van der Waals surface area (Å²) in [6, 6.07) is 0. The molecule has 1 atom stereocenters. The van der Waals surface area contributed by atoms with Crippen molar-refractivity contribution in [1.29, 1.82) is 0 Å². The van der Waals surface area contributed by atoms with Crippen molar-refractivity contribution in [3.8, 4) is 0 Å². The molecule has 0 saturated carbocycles.